The Labute approximate surface area is 94.7 Å². The molecule has 1 aromatic rings. The summed E-state index contributed by atoms with van der Waals surface area (Å²) in [5, 5.41) is 8.89. The van der Waals surface area contributed by atoms with E-state index in [0.717, 1.165) is 19.6 Å². The second kappa shape index (κ2) is 4.63. The van der Waals surface area contributed by atoms with Crippen LogP contribution >= 0.6 is 0 Å². The first-order valence-corrected chi connectivity index (χ1v) is 5.41. The third-order valence-corrected chi connectivity index (χ3v) is 2.94. The number of benzene rings is 1. The largest absolute Gasteiger partial charge is 0.396 e. The molecule has 1 saturated heterocycles. The van der Waals surface area contributed by atoms with E-state index in [4.69, 9.17) is 10.8 Å². The van der Waals surface area contributed by atoms with Gasteiger partial charge in [-0.05, 0) is 17.7 Å². The Bertz CT molecular complexity index is 369. The van der Waals surface area contributed by atoms with Crippen LogP contribution in [0, 0.1) is 5.92 Å². The zero-order valence-electron chi connectivity index (χ0n) is 9.10. The molecule has 0 aromatic heterocycles. The first-order chi connectivity index (χ1) is 7.69. The molecule has 0 aliphatic carbocycles. The Morgan fingerprint density at radius 3 is 2.50 bits per heavy atom. The molecule has 0 atom stereocenters. The van der Waals surface area contributed by atoms with Crippen molar-refractivity contribution >= 4 is 5.91 Å². The molecule has 1 aliphatic rings. The third-order valence-electron chi connectivity index (χ3n) is 2.94. The van der Waals surface area contributed by atoms with E-state index in [1.54, 1.807) is 12.1 Å². The Morgan fingerprint density at radius 1 is 1.38 bits per heavy atom. The maximum Gasteiger partial charge on any atom is 0.248 e. The van der Waals surface area contributed by atoms with E-state index in [0.29, 0.717) is 11.5 Å². The van der Waals surface area contributed by atoms with Crippen molar-refractivity contribution in [1.29, 1.82) is 0 Å². The van der Waals surface area contributed by atoms with Crippen LogP contribution in [0.15, 0.2) is 24.3 Å². The third kappa shape index (κ3) is 2.40. The molecular formula is C12H16N2O2. The number of amides is 1. The minimum absolute atomic E-state index is 0.275. The van der Waals surface area contributed by atoms with Crippen LogP contribution in [0.25, 0.3) is 0 Å². The highest BCUT2D eigenvalue weighted by Crippen LogP contribution is 2.18. The lowest BCUT2D eigenvalue weighted by Gasteiger charge is -2.38. The standard InChI is InChI=1S/C12H16N2O2/c13-12(16)11-3-1-9(2-4-11)5-14-6-10(7-14)8-15/h1-4,10,15H,5-8H2,(H2,13,16). The van der Waals surface area contributed by atoms with Crippen molar-refractivity contribution in [3.63, 3.8) is 0 Å². The van der Waals surface area contributed by atoms with Crippen LogP contribution < -0.4 is 5.73 Å². The summed E-state index contributed by atoms with van der Waals surface area (Å²) in [6.45, 7) is 3.05. The highest BCUT2D eigenvalue weighted by Gasteiger charge is 2.25. The van der Waals surface area contributed by atoms with Crippen LogP contribution in [0.2, 0.25) is 0 Å². The van der Waals surface area contributed by atoms with Gasteiger partial charge in [0.1, 0.15) is 0 Å². The van der Waals surface area contributed by atoms with E-state index in [9.17, 15) is 4.79 Å². The first-order valence-electron chi connectivity index (χ1n) is 5.41. The molecule has 1 amide bonds. The molecule has 0 radical (unpaired) electrons. The number of carbonyl (C=O) groups excluding carboxylic acids is 1. The van der Waals surface area contributed by atoms with E-state index < -0.39 is 5.91 Å². The van der Waals surface area contributed by atoms with Crippen LogP contribution in [0.4, 0.5) is 0 Å². The Balaban J connectivity index is 1.89. The number of rotatable bonds is 4. The molecule has 0 saturated carbocycles. The van der Waals surface area contributed by atoms with E-state index in [2.05, 4.69) is 4.90 Å². The average Bonchev–Trinajstić information content (AvgIpc) is 2.23. The van der Waals surface area contributed by atoms with Gasteiger partial charge in [-0.25, -0.2) is 0 Å². The van der Waals surface area contributed by atoms with Crippen molar-refractivity contribution in [3.05, 3.63) is 35.4 Å². The van der Waals surface area contributed by atoms with Crippen LogP contribution in [-0.2, 0) is 6.54 Å². The quantitative estimate of drug-likeness (QED) is 0.762. The molecule has 4 heteroatoms. The molecule has 0 unspecified atom stereocenters. The zero-order valence-corrected chi connectivity index (χ0v) is 9.10. The van der Waals surface area contributed by atoms with Crippen molar-refractivity contribution in [2.24, 2.45) is 11.7 Å². The van der Waals surface area contributed by atoms with Crippen molar-refractivity contribution in [1.82, 2.24) is 4.90 Å². The Hall–Kier alpha value is -1.39. The van der Waals surface area contributed by atoms with Crippen LogP contribution in [0.1, 0.15) is 15.9 Å². The van der Waals surface area contributed by atoms with E-state index in [1.165, 1.54) is 5.56 Å². The van der Waals surface area contributed by atoms with Gasteiger partial charge in [-0.3, -0.25) is 9.69 Å². The van der Waals surface area contributed by atoms with Crippen molar-refractivity contribution in [2.75, 3.05) is 19.7 Å². The number of nitrogens with zero attached hydrogens (tertiary/aromatic N) is 1. The molecule has 0 spiro atoms. The lowest BCUT2D eigenvalue weighted by molar-refractivity contribution is 0.0479. The summed E-state index contributed by atoms with van der Waals surface area (Å²) in [5.74, 6) is 0.0423. The SMILES string of the molecule is NC(=O)c1ccc(CN2CC(CO)C2)cc1. The van der Waals surface area contributed by atoms with Gasteiger partial charge < -0.3 is 10.8 Å². The number of hydrogen-bond donors (Lipinski definition) is 2. The Morgan fingerprint density at radius 2 is 2.00 bits per heavy atom. The summed E-state index contributed by atoms with van der Waals surface area (Å²) in [6.07, 6.45) is 0. The van der Waals surface area contributed by atoms with Gasteiger partial charge in [0.2, 0.25) is 5.91 Å². The Kier molecular flexibility index (Phi) is 3.22. The topological polar surface area (TPSA) is 66.6 Å². The molecule has 1 aromatic carbocycles. The van der Waals surface area contributed by atoms with Gasteiger partial charge in [0.25, 0.3) is 0 Å². The minimum Gasteiger partial charge on any atom is -0.396 e. The predicted molar refractivity (Wildman–Crippen MR) is 60.8 cm³/mol. The van der Waals surface area contributed by atoms with E-state index in [-0.39, 0.29) is 6.61 Å². The van der Waals surface area contributed by atoms with E-state index >= 15 is 0 Å². The molecule has 0 bridgehead atoms. The number of likely N-dealkylation sites (tertiary alicyclic amines) is 1. The molecular weight excluding hydrogens is 204 g/mol. The first kappa shape index (κ1) is 11.1. The summed E-state index contributed by atoms with van der Waals surface area (Å²) in [4.78, 5) is 13.1. The fourth-order valence-electron chi connectivity index (χ4n) is 1.95. The summed E-state index contributed by atoms with van der Waals surface area (Å²) in [7, 11) is 0. The monoisotopic (exact) mass is 220 g/mol. The van der Waals surface area contributed by atoms with Crippen LogP contribution in [0.5, 0.6) is 0 Å². The van der Waals surface area contributed by atoms with Gasteiger partial charge in [0.15, 0.2) is 0 Å². The number of primary amides is 1. The molecule has 1 heterocycles. The second-order valence-electron chi connectivity index (χ2n) is 4.30. The summed E-state index contributed by atoms with van der Waals surface area (Å²) in [5.41, 5.74) is 6.87. The van der Waals surface area contributed by atoms with Crippen molar-refractivity contribution < 1.29 is 9.90 Å². The lowest BCUT2D eigenvalue weighted by atomic mass is 10.0. The average molecular weight is 220 g/mol. The summed E-state index contributed by atoms with van der Waals surface area (Å²) >= 11 is 0. The predicted octanol–water partition coefficient (Wildman–Crippen LogP) is 0.210. The smallest absolute Gasteiger partial charge is 0.248 e. The van der Waals surface area contributed by atoms with Gasteiger partial charge in [0, 0.05) is 37.7 Å². The number of carbonyl (C=O) groups is 1. The zero-order chi connectivity index (χ0) is 11.5. The highest BCUT2D eigenvalue weighted by atomic mass is 16.3. The maximum atomic E-state index is 10.9. The van der Waals surface area contributed by atoms with Gasteiger partial charge in [0.05, 0.1) is 0 Å². The number of nitrogens with two attached hydrogens (primary N) is 1. The lowest BCUT2D eigenvalue weighted by Crippen LogP contribution is -2.47. The number of hydrogen-bond acceptors (Lipinski definition) is 3. The highest BCUT2D eigenvalue weighted by molar-refractivity contribution is 5.92. The van der Waals surface area contributed by atoms with Gasteiger partial charge in [-0.1, -0.05) is 12.1 Å². The number of aliphatic hydroxyl groups is 1. The van der Waals surface area contributed by atoms with Crippen LogP contribution in [-0.4, -0.2) is 35.6 Å². The molecule has 1 fully saturated rings. The normalized spacial score (nSPS) is 17.1. The van der Waals surface area contributed by atoms with E-state index in [1.807, 2.05) is 12.1 Å². The summed E-state index contributed by atoms with van der Waals surface area (Å²) < 4.78 is 0. The molecule has 1 aliphatic heterocycles. The van der Waals surface area contributed by atoms with Crippen molar-refractivity contribution in [2.45, 2.75) is 6.54 Å². The fourth-order valence-corrected chi connectivity index (χ4v) is 1.95. The molecule has 16 heavy (non-hydrogen) atoms. The second-order valence-corrected chi connectivity index (χ2v) is 4.30. The molecule has 2 rings (SSSR count). The van der Waals surface area contributed by atoms with Crippen LogP contribution in [0.3, 0.4) is 0 Å². The fraction of sp³-hybridized carbons (Fsp3) is 0.417. The maximum absolute atomic E-state index is 10.9. The van der Waals surface area contributed by atoms with Gasteiger partial charge in [-0.2, -0.15) is 0 Å². The number of aliphatic hydroxyl groups excluding tert-OH is 1. The van der Waals surface area contributed by atoms with Gasteiger partial charge >= 0.3 is 0 Å². The van der Waals surface area contributed by atoms with Crippen molar-refractivity contribution in [3.8, 4) is 0 Å². The molecule has 3 N–H and O–H groups in total. The summed E-state index contributed by atoms with van der Waals surface area (Å²) in [6, 6.07) is 7.35. The molecule has 4 nitrogen and oxygen atoms in total. The molecule has 86 valence electrons. The van der Waals surface area contributed by atoms with Gasteiger partial charge in [-0.15, -0.1) is 0 Å². The minimum atomic E-state index is -0.393.